The van der Waals surface area contributed by atoms with Gasteiger partial charge in [0.15, 0.2) is 5.96 Å². The van der Waals surface area contributed by atoms with Crippen LogP contribution in [0, 0.1) is 0 Å². The van der Waals surface area contributed by atoms with E-state index in [4.69, 9.17) is 0 Å². The molecule has 0 saturated carbocycles. The van der Waals surface area contributed by atoms with E-state index in [9.17, 15) is 4.79 Å². The lowest BCUT2D eigenvalue weighted by Crippen LogP contribution is -2.37. The maximum atomic E-state index is 11.8. The van der Waals surface area contributed by atoms with Crippen molar-refractivity contribution in [1.82, 2.24) is 15.5 Å². The smallest absolute Gasteiger partial charge is 0.222 e. The zero-order valence-corrected chi connectivity index (χ0v) is 16.5. The molecule has 0 atom stereocenters. The predicted octanol–water partition coefficient (Wildman–Crippen LogP) is 3.36. The summed E-state index contributed by atoms with van der Waals surface area (Å²) in [7, 11) is 1.81. The van der Waals surface area contributed by atoms with Crippen molar-refractivity contribution >= 4 is 11.9 Å². The molecule has 1 saturated heterocycles. The summed E-state index contributed by atoms with van der Waals surface area (Å²) in [5.41, 5.74) is 3.97. The van der Waals surface area contributed by atoms with Crippen molar-refractivity contribution in [2.75, 3.05) is 20.1 Å². The zero-order valence-electron chi connectivity index (χ0n) is 16.5. The average molecular weight is 369 g/mol. The van der Waals surface area contributed by atoms with Gasteiger partial charge in [-0.25, -0.2) is 0 Å². The van der Waals surface area contributed by atoms with Crippen molar-refractivity contribution in [3.8, 4) is 0 Å². The zero-order chi connectivity index (χ0) is 18.9. The second-order valence-corrected chi connectivity index (χ2v) is 7.45. The van der Waals surface area contributed by atoms with Crippen LogP contribution in [0.5, 0.6) is 0 Å². The molecule has 0 radical (unpaired) electrons. The number of likely N-dealkylation sites (tertiary alicyclic amines) is 1. The van der Waals surface area contributed by atoms with Gasteiger partial charge in [0.05, 0.1) is 0 Å². The van der Waals surface area contributed by atoms with Crippen LogP contribution in [-0.2, 0) is 17.9 Å². The summed E-state index contributed by atoms with van der Waals surface area (Å²) in [6.45, 7) is 3.25. The summed E-state index contributed by atoms with van der Waals surface area (Å²) < 4.78 is 0. The SMILES string of the molecule is CN=C(NCCC1=CCCCC1)NCc1cccc(CN2CCCC2=O)c1. The number of nitrogens with one attached hydrogen (secondary N) is 2. The third kappa shape index (κ3) is 6.12. The van der Waals surface area contributed by atoms with Crippen LogP contribution in [0.15, 0.2) is 40.9 Å². The van der Waals surface area contributed by atoms with E-state index in [1.54, 1.807) is 5.57 Å². The maximum absolute atomic E-state index is 11.8. The Morgan fingerprint density at radius 2 is 2.04 bits per heavy atom. The standard InChI is InChI=1S/C22H32N4O/c1-23-22(24-13-12-18-7-3-2-4-8-18)25-16-19-9-5-10-20(15-19)17-26-14-6-11-21(26)27/h5,7,9-10,15H,2-4,6,8,11-14,16-17H2,1H3,(H2,23,24,25). The van der Waals surface area contributed by atoms with Gasteiger partial charge in [-0.3, -0.25) is 9.79 Å². The fourth-order valence-electron chi connectivity index (χ4n) is 3.81. The van der Waals surface area contributed by atoms with Gasteiger partial charge in [-0.1, -0.05) is 35.9 Å². The minimum atomic E-state index is 0.274. The molecule has 5 heteroatoms. The van der Waals surface area contributed by atoms with Crippen LogP contribution in [0.1, 0.15) is 56.1 Å². The van der Waals surface area contributed by atoms with Crippen LogP contribution >= 0.6 is 0 Å². The van der Waals surface area contributed by atoms with E-state index in [1.165, 1.54) is 36.8 Å². The molecule has 27 heavy (non-hydrogen) atoms. The first-order valence-electron chi connectivity index (χ1n) is 10.2. The third-order valence-corrected chi connectivity index (χ3v) is 5.34. The number of nitrogens with zero attached hydrogens (tertiary/aromatic N) is 2. The predicted molar refractivity (Wildman–Crippen MR) is 110 cm³/mol. The van der Waals surface area contributed by atoms with E-state index < -0.39 is 0 Å². The number of hydrogen-bond acceptors (Lipinski definition) is 2. The second kappa shape index (κ2) is 10.1. The molecule has 1 aliphatic heterocycles. The molecule has 1 aliphatic carbocycles. The minimum Gasteiger partial charge on any atom is -0.356 e. The number of carbonyl (C=O) groups is 1. The van der Waals surface area contributed by atoms with Crippen molar-refractivity contribution in [1.29, 1.82) is 0 Å². The highest BCUT2D eigenvalue weighted by molar-refractivity contribution is 5.79. The topological polar surface area (TPSA) is 56.7 Å². The van der Waals surface area contributed by atoms with E-state index in [0.29, 0.717) is 6.42 Å². The largest absolute Gasteiger partial charge is 0.356 e. The molecule has 2 aliphatic rings. The van der Waals surface area contributed by atoms with Crippen molar-refractivity contribution in [3.05, 3.63) is 47.0 Å². The molecule has 1 aromatic carbocycles. The molecule has 0 aromatic heterocycles. The van der Waals surface area contributed by atoms with Gasteiger partial charge in [0, 0.05) is 39.6 Å². The molecular weight excluding hydrogens is 336 g/mol. The van der Waals surface area contributed by atoms with Gasteiger partial charge in [0.2, 0.25) is 5.91 Å². The van der Waals surface area contributed by atoms with Crippen LogP contribution in [0.4, 0.5) is 0 Å². The lowest BCUT2D eigenvalue weighted by Gasteiger charge is -2.17. The summed E-state index contributed by atoms with van der Waals surface area (Å²) >= 11 is 0. The summed E-state index contributed by atoms with van der Waals surface area (Å²) in [5.74, 6) is 1.11. The third-order valence-electron chi connectivity index (χ3n) is 5.34. The number of rotatable bonds is 7. The van der Waals surface area contributed by atoms with Gasteiger partial charge in [-0.05, 0) is 49.7 Å². The molecule has 0 spiro atoms. The number of benzene rings is 1. The van der Waals surface area contributed by atoms with E-state index in [1.807, 2.05) is 11.9 Å². The lowest BCUT2D eigenvalue weighted by molar-refractivity contribution is -0.128. The molecule has 3 rings (SSSR count). The molecule has 2 N–H and O–H groups in total. The Labute approximate surface area is 162 Å². The Kier molecular flexibility index (Phi) is 7.31. The van der Waals surface area contributed by atoms with Crippen LogP contribution in [0.2, 0.25) is 0 Å². The number of amides is 1. The molecule has 5 nitrogen and oxygen atoms in total. The number of carbonyl (C=O) groups excluding carboxylic acids is 1. The minimum absolute atomic E-state index is 0.274. The molecule has 146 valence electrons. The first-order valence-corrected chi connectivity index (χ1v) is 10.2. The van der Waals surface area contributed by atoms with Crippen LogP contribution in [0.25, 0.3) is 0 Å². The Morgan fingerprint density at radius 1 is 1.15 bits per heavy atom. The number of guanidine groups is 1. The highest BCUT2D eigenvalue weighted by Crippen LogP contribution is 2.19. The normalized spacial score (nSPS) is 17.8. The van der Waals surface area contributed by atoms with E-state index in [-0.39, 0.29) is 5.91 Å². The van der Waals surface area contributed by atoms with Gasteiger partial charge >= 0.3 is 0 Å². The quantitative estimate of drug-likeness (QED) is 0.441. The monoisotopic (exact) mass is 368 g/mol. The van der Waals surface area contributed by atoms with Gasteiger partial charge in [-0.2, -0.15) is 0 Å². The Hall–Kier alpha value is -2.30. The maximum Gasteiger partial charge on any atom is 0.222 e. The molecule has 0 bridgehead atoms. The Morgan fingerprint density at radius 3 is 2.78 bits per heavy atom. The molecule has 1 amide bonds. The van der Waals surface area contributed by atoms with Crippen molar-refractivity contribution < 1.29 is 4.79 Å². The van der Waals surface area contributed by atoms with Crippen molar-refractivity contribution in [3.63, 3.8) is 0 Å². The first kappa shape index (κ1) is 19.5. The van der Waals surface area contributed by atoms with E-state index in [2.05, 4.69) is 46.0 Å². The molecule has 1 aromatic rings. The summed E-state index contributed by atoms with van der Waals surface area (Å²) in [6, 6.07) is 8.46. The van der Waals surface area contributed by atoms with Crippen molar-refractivity contribution in [2.45, 2.75) is 58.0 Å². The Bertz CT molecular complexity index is 695. The Balaban J connectivity index is 1.44. The summed E-state index contributed by atoms with van der Waals surface area (Å²) in [4.78, 5) is 18.1. The summed E-state index contributed by atoms with van der Waals surface area (Å²) in [5, 5.41) is 6.80. The van der Waals surface area contributed by atoms with Gasteiger partial charge in [0.25, 0.3) is 0 Å². The number of hydrogen-bond donors (Lipinski definition) is 2. The molecule has 0 unspecified atom stereocenters. The lowest BCUT2D eigenvalue weighted by atomic mass is 9.97. The number of allylic oxidation sites excluding steroid dienone is 1. The second-order valence-electron chi connectivity index (χ2n) is 7.45. The highest BCUT2D eigenvalue weighted by atomic mass is 16.2. The van der Waals surface area contributed by atoms with Gasteiger partial charge < -0.3 is 15.5 Å². The van der Waals surface area contributed by atoms with Crippen LogP contribution < -0.4 is 10.6 Å². The molecular formula is C22H32N4O. The fraction of sp³-hybridized carbons (Fsp3) is 0.545. The summed E-state index contributed by atoms with van der Waals surface area (Å²) in [6.07, 6.45) is 10.3. The average Bonchev–Trinajstić information content (AvgIpc) is 3.10. The highest BCUT2D eigenvalue weighted by Gasteiger charge is 2.19. The van der Waals surface area contributed by atoms with E-state index >= 15 is 0 Å². The number of aliphatic imine (C=N–C) groups is 1. The van der Waals surface area contributed by atoms with Crippen LogP contribution in [-0.4, -0.2) is 36.9 Å². The van der Waals surface area contributed by atoms with E-state index in [0.717, 1.165) is 45.0 Å². The van der Waals surface area contributed by atoms with Crippen LogP contribution in [0.3, 0.4) is 0 Å². The van der Waals surface area contributed by atoms with Gasteiger partial charge in [0.1, 0.15) is 0 Å². The first-order chi connectivity index (χ1) is 13.2. The molecule has 1 heterocycles. The van der Waals surface area contributed by atoms with Gasteiger partial charge in [-0.15, -0.1) is 0 Å². The molecule has 1 fully saturated rings. The fourth-order valence-corrected chi connectivity index (χ4v) is 3.81. The van der Waals surface area contributed by atoms with Crippen molar-refractivity contribution in [2.24, 2.45) is 4.99 Å².